The van der Waals surface area contributed by atoms with Gasteiger partial charge in [-0.15, -0.1) is 0 Å². The van der Waals surface area contributed by atoms with E-state index in [4.69, 9.17) is 4.74 Å². The van der Waals surface area contributed by atoms with Gasteiger partial charge in [-0.3, -0.25) is 4.79 Å². The molecule has 2 fully saturated rings. The number of methoxy groups -OCH3 is 1. The smallest absolute Gasteiger partial charge is 0.254 e. The van der Waals surface area contributed by atoms with Crippen molar-refractivity contribution in [2.45, 2.75) is 75.4 Å². The Morgan fingerprint density at radius 3 is 2.45 bits per heavy atom. The van der Waals surface area contributed by atoms with E-state index in [9.17, 15) is 13.2 Å². The maximum absolute atomic E-state index is 13.7. The van der Waals surface area contributed by atoms with Gasteiger partial charge in [-0.2, -0.15) is 0 Å². The topological polar surface area (TPSA) is 81.5 Å². The van der Waals surface area contributed by atoms with E-state index >= 15 is 0 Å². The van der Waals surface area contributed by atoms with Gasteiger partial charge in [0, 0.05) is 18.2 Å². The third-order valence-corrected chi connectivity index (χ3v) is 9.22. The molecule has 0 radical (unpaired) electrons. The van der Waals surface area contributed by atoms with Gasteiger partial charge in [-0.1, -0.05) is 49.1 Å². The molecule has 2 aliphatic rings. The fraction of sp³-hybridized carbons (Fsp3) is 0.467. The summed E-state index contributed by atoms with van der Waals surface area (Å²) < 4.78 is 34.6. The summed E-state index contributed by atoms with van der Waals surface area (Å²) >= 11 is 0. The Morgan fingerprint density at radius 1 is 1.05 bits per heavy atom. The highest BCUT2D eigenvalue weighted by Gasteiger charge is 2.32. The maximum atomic E-state index is 13.7. The highest BCUT2D eigenvalue weighted by Crippen LogP contribution is 2.35. The first-order chi connectivity index (χ1) is 18.3. The molecule has 202 valence electrons. The predicted octanol–water partition coefficient (Wildman–Crippen LogP) is 5.73. The molecule has 0 spiro atoms. The third kappa shape index (κ3) is 6.12. The zero-order chi connectivity index (χ0) is 26.7. The van der Waals surface area contributed by atoms with Crippen LogP contribution in [0.25, 0.3) is 0 Å². The van der Waals surface area contributed by atoms with Crippen LogP contribution in [-0.4, -0.2) is 42.4 Å². The summed E-state index contributed by atoms with van der Waals surface area (Å²) in [6.07, 6.45) is 9.05. The molecular formula is C30H37N3O4S. The second-order valence-electron chi connectivity index (χ2n) is 10.8. The van der Waals surface area contributed by atoms with Crippen LogP contribution in [-0.2, 0) is 22.1 Å². The lowest BCUT2D eigenvalue weighted by Gasteiger charge is -2.29. The molecule has 5 rings (SSSR count). The first-order valence-electron chi connectivity index (χ1n) is 13.6. The van der Waals surface area contributed by atoms with Crippen LogP contribution in [0.2, 0.25) is 0 Å². The zero-order valence-corrected chi connectivity index (χ0v) is 23.1. The largest absolute Gasteiger partial charge is 0.497 e. The Morgan fingerprint density at radius 2 is 1.79 bits per heavy atom. The Labute approximate surface area is 225 Å². The SMILES string of the molecule is COc1ccc(C(=O)N(Cc2cnc(S(=O)(=O)Cc3cccc(C)c3)n2C2CCCCC2)CC2CC2)cc1. The fourth-order valence-corrected chi connectivity index (χ4v) is 7.01. The van der Waals surface area contributed by atoms with Crippen molar-refractivity contribution in [3.63, 3.8) is 0 Å². The molecule has 0 saturated heterocycles. The normalized spacial score (nSPS) is 16.4. The van der Waals surface area contributed by atoms with E-state index in [1.807, 2.05) is 40.7 Å². The lowest BCUT2D eigenvalue weighted by atomic mass is 9.95. The number of carbonyl (C=O) groups is 1. The van der Waals surface area contributed by atoms with Gasteiger partial charge in [0.1, 0.15) is 5.75 Å². The monoisotopic (exact) mass is 535 g/mol. The number of rotatable bonds is 10. The Bertz CT molecular complexity index is 1370. The molecule has 1 heterocycles. The summed E-state index contributed by atoms with van der Waals surface area (Å²) in [6.45, 7) is 2.96. The molecule has 8 heteroatoms. The van der Waals surface area contributed by atoms with Crippen LogP contribution in [0.5, 0.6) is 5.75 Å². The predicted molar refractivity (Wildman–Crippen MR) is 147 cm³/mol. The first kappa shape index (κ1) is 26.5. The summed E-state index contributed by atoms with van der Waals surface area (Å²) in [4.78, 5) is 20.0. The van der Waals surface area contributed by atoms with Crippen molar-refractivity contribution in [3.05, 3.63) is 77.1 Å². The number of benzene rings is 2. The van der Waals surface area contributed by atoms with Crippen LogP contribution in [0.1, 0.15) is 78.2 Å². The highest BCUT2D eigenvalue weighted by molar-refractivity contribution is 7.90. The summed E-state index contributed by atoms with van der Waals surface area (Å²) in [6, 6.07) is 14.9. The van der Waals surface area contributed by atoms with E-state index in [0.29, 0.717) is 30.3 Å². The molecule has 1 amide bonds. The molecule has 0 unspecified atom stereocenters. The van der Waals surface area contributed by atoms with Crippen molar-refractivity contribution < 1.29 is 17.9 Å². The summed E-state index contributed by atoms with van der Waals surface area (Å²) in [5.41, 5.74) is 3.18. The van der Waals surface area contributed by atoms with Crippen molar-refractivity contribution >= 4 is 15.7 Å². The zero-order valence-electron chi connectivity index (χ0n) is 22.3. The Hall–Kier alpha value is -3.13. The van der Waals surface area contributed by atoms with Crippen LogP contribution in [0.15, 0.2) is 59.9 Å². The summed E-state index contributed by atoms with van der Waals surface area (Å²) in [5, 5.41) is 0.129. The van der Waals surface area contributed by atoms with Crippen molar-refractivity contribution in [2.75, 3.05) is 13.7 Å². The van der Waals surface area contributed by atoms with Gasteiger partial charge in [-0.25, -0.2) is 13.4 Å². The van der Waals surface area contributed by atoms with Crippen LogP contribution in [0.3, 0.4) is 0 Å². The van der Waals surface area contributed by atoms with E-state index in [1.165, 1.54) is 0 Å². The number of hydrogen-bond donors (Lipinski definition) is 0. The Kier molecular flexibility index (Phi) is 7.88. The number of aryl methyl sites for hydroxylation is 1. The van der Waals surface area contributed by atoms with Gasteiger partial charge in [0.05, 0.1) is 31.3 Å². The lowest BCUT2D eigenvalue weighted by Crippen LogP contribution is -2.34. The van der Waals surface area contributed by atoms with E-state index in [1.54, 1.807) is 37.6 Å². The van der Waals surface area contributed by atoms with Crippen LogP contribution < -0.4 is 4.74 Å². The Balaban J connectivity index is 1.47. The molecular weight excluding hydrogens is 498 g/mol. The lowest BCUT2D eigenvalue weighted by molar-refractivity contribution is 0.0729. The first-order valence-corrected chi connectivity index (χ1v) is 15.3. The van der Waals surface area contributed by atoms with Crippen molar-refractivity contribution in [2.24, 2.45) is 5.92 Å². The highest BCUT2D eigenvalue weighted by atomic mass is 32.2. The number of aromatic nitrogens is 2. The molecule has 1 aromatic heterocycles. The van der Waals surface area contributed by atoms with Crippen LogP contribution in [0.4, 0.5) is 0 Å². The van der Waals surface area contributed by atoms with Gasteiger partial charge in [-0.05, 0) is 68.4 Å². The third-order valence-electron chi connectivity index (χ3n) is 7.65. The van der Waals surface area contributed by atoms with Gasteiger partial charge in [0.15, 0.2) is 0 Å². The average molecular weight is 536 g/mol. The van der Waals surface area contributed by atoms with Crippen LogP contribution in [0, 0.1) is 12.8 Å². The summed E-state index contributed by atoms with van der Waals surface area (Å²) in [5.74, 6) is 1.05. The van der Waals surface area contributed by atoms with E-state index in [0.717, 1.165) is 61.8 Å². The average Bonchev–Trinajstić information content (AvgIpc) is 3.63. The molecule has 38 heavy (non-hydrogen) atoms. The maximum Gasteiger partial charge on any atom is 0.254 e. The molecule has 3 aromatic rings. The quantitative estimate of drug-likeness (QED) is 0.331. The van der Waals surface area contributed by atoms with Crippen molar-refractivity contribution in [3.8, 4) is 5.75 Å². The second-order valence-corrected chi connectivity index (χ2v) is 12.7. The second kappa shape index (κ2) is 11.3. The fourth-order valence-electron chi connectivity index (χ4n) is 5.48. The van der Waals surface area contributed by atoms with E-state index in [2.05, 4.69) is 4.98 Å². The molecule has 2 saturated carbocycles. The standard InChI is InChI=1S/C30H37N3O4S/c1-22-7-6-8-24(17-22)21-38(35,36)30-31-18-27(33(30)26-9-4-3-5-10-26)20-32(19-23-11-12-23)29(34)25-13-15-28(37-2)16-14-25/h6-8,13-18,23,26H,3-5,9-12,19-21H2,1-2H3. The minimum absolute atomic E-state index is 0.0554. The van der Waals surface area contributed by atoms with Gasteiger partial charge < -0.3 is 14.2 Å². The molecule has 0 atom stereocenters. The van der Waals surface area contributed by atoms with Gasteiger partial charge >= 0.3 is 0 Å². The molecule has 2 aliphatic carbocycles. The number of sulfone groups is 1. The minimum atomic E-state index is -3.68. The van der Waals surface area contributed by atoms with Crippen LogP contribution >= 0.6 is 0 Å². The molecule has 7 nitrogen and oxygen atoms in total. The molecule has 0 N–H and O–H groups in total. The van der Waals surface area contributed by atoms with Crippen molar-refractivity contribution in [1.82, 2.24) is 14.5 Å². The minimum Gasteiger partial charge on any atom is -0.497 e. The number of imidazole rings is 1. The van der Waals surface area contributed by atoms with Crippen molar-refractivity contribution in [1.29, 1.82) is 0 Å². The summed E-state index contributed by atoms with van der Waals surface area (Å²) in [7, 11) is -2.08. The van der Waals surface area contributed by atoms with E-state index < -0.39 is 9.84 Å². The molecule has 0 aliphatic heterocycles. The van der Waals surface area contributed by atoms with Gasteiger partial charge in [0.2, 0.25) is 15.0 Å². The molecule has 2 aromatic carbocycles. The number of nitrogens with zero attached hydrogens (tertiary/aromatic N) is 3. The van der Waals surface area contributed by atoms with E-state index in [-0.39, 0.29) is 22.9 Å². The number of amides is 1. The number of carbonyl (C=O) groups excluding carboxylic acids is 1. The number of ether oxygens (including phenoxy) is 1. The molecule has 0 bridgehead atoms. The number of hydrogen-bond acceptors (Lipinski definition) is 5. The van der Waals surface area contributed by atoms with Gasteiger partial charge in [0.25, 0.3) is 5.91 Å².